The maximum absolute atomic E-state index is 14.4. The lowest BCUT2D eigenvalue weighted by Gasteiger charge is -2.28. The van der Waals surface area contributed by atoms with Gasteiger partial charge in [0, 0.05) is 36.9 Å². The number of amides is 10. The van der Waals surface area contributed by atoms with Gasteiger partial charge in [-0.15, -0.1) is 0 Å². The topological polar surface area (TPSA) is 462 Å². The third kappa shape index (κ3) is 22.0. The van der Waals surface area contributed by atoms with E-state index in [2.05, 4.69) is 53.2 Å². The lowest BCUT2D eigenvalue weighted by Crippen LogP contribution is -2.62. The molecule has 0 spiro atoms. The van der Waals surface area contributed by atoms with Crippen LogP contribution in [0.3, 0.4) is 0 Å². The van der Waals surface area contributed by atoms with Gasteiger partial charge in [0.25, 0.3) is 0 Å². The van der Waals surface area contributed by atoms with Crippen LogP contribution in [0.5, 0.6) is 0 Å². The molecule has 80 heavy (non-hydrogen) atoms. The van der Waals surface area contributed by atoms with E-state index in [-0.39, 0.29) is 70.6 Å². The number of hydrogen-bond donors (Lipinski definition) is 17. The van der Waals surface area contributed by atoms with Crippen molar-refractivity contribution in [2.75, 3.05) is 39.3 Å². The first-order chi connectivity index (χ1) is 38.0. The Balaban J connectivity index is 2.07. The van der Waals surface area contributed by atoms with Crippen LogP contribution >= 0.6 is 11.6 Å². The van der Waals surface area contributed by atoms with E-state index in [0.29, 0.717) is 16.1 Å². The van der Waals surface area contributed by atoms with Gasteiger partial charge < -0.3 is 92.0 Å². The van der Waals surface area contributed by atoms with Crippen LogP contribution in [0.15, 0.2) is 54.6 Å². The highest BCUT2D eigenvalue weighted by Crippen LogP contribution is 2.22. The van der Waals surface area contributed by atoms with E-state index in [1.807, 2.05) is 0 Å². The molecule has 2 aromatic rings. The number of nitrogens with two attached hydrogens (primary N) is 5. The average molecular weight is 1140 g/mol. The molecule has 22 N–H and O–H groups in total. The Bertz CT molecular complexity index is 2400. The molecule has 3 rings (SSSR count). The van der Waals surface area contributed by atoms with E-state index < -0.39 is 151 Å². The van der Waals surface area contributed by atoms with Gasteiger partial charge in [-0.25, -0.2) is 0 Å². The fourth-order valence-corrected chi connectivity index (χ4v) is 8.73. The van der Waals surface area contributed by atoms with Gasteiger partial charge >= 0.3 is 0 Å². The van der Waals surface area contributed by atoms with Crippen molar-refractivity contribution in [2.45, 2.75) is 145 Å². The minimum atomic E-state index is -1.68. The molecule has 0 radical (unpaired) electrons. The van der Waals surface area contributed by atoms with Crippen molar-refractivity contribution in [3.05, 3.63) is 70.7 Å². The molecule has 0 aliphatic carbocycles. The summed E-state index contributed by atoms with van der Waals surface area (Å²) >= 11 is 6.14. The number of aliphatic hydroxyl groups is 2. The molecule has 0 aromatic heterocycles. The fourth-order valence-electron chi connectivity index (χ4n) is 8.53. The number of rotatable bonds is 22. The molecule has 1 heterocycles. The molecule has 2 aromatic carbocycles. The van der Waals surface area contributed by atoms with E-state index in [1.165, 1.54) is 13.8 Å². The van der Waals surface area contributed by atoms with Gasteiger partial charge in [-0.3, -0.25) is 47.9 Å². The molecule has 0 saturated carbocycles. The first-order valence-electron chi connectivity index (χ1n) is 26.6. The predicted molar refractivity (Wildman–Crippen MR) is 296 cm³/mol. The first-order valence-corrected chi connectivity index (χ1v) is 27.0. The SMILES string of the molecule is CC(C)C[C@@H]1NC(=O)[C@@H](Cc2ccccc2)NC(=O)[C@H](CCN)NC(=O)[C@@H](NC(=O)C(CN)NC(=O)[C@@H](NC(=O)C[C@H](CN)c2cccc(Cl)c2)[C@@H](C)O)CCNC(=O)[C@H]([C@@H](C)O)NC(=O)[C@H](CCN)NC(=O)[C@H](CCN)NC1=O. The monoisotopic (exact) mass is 1140 g/mol. The molecule has 28 heteroatoms. The number of aliphatic hydroxyl groups excluding tert-OH is 2. The molecule has 10 amide bonds. The second-order valence-electron chi connectivity index (χ2n) is 20.0. The van der Waals surface area contributed by atoms with E-state index in [9.17, 15) is 58.2 Å². The summed E-state index contributed by atoms with van der Waals surface area (Å²) in [6.07, 6.45) is -4.32. The Hall–Kier alpha value is -6.85. The van der Waals surface area contributed by atoms with Gasteiger partial charge in [-0.2, -0.15) is 0 Å². The van der Waals surface area contributed by atoms with Crippen LogP contribution in [-0.4, -0.2) is 175 Å². The quantitative estimate of drug-likeness (QED) is 0.0524. The van der Waals surface area contributed by atoms with Crippen LogP contribution < -0.4 is 81.8 Å². The van der Waals surface area contributed by atoms with Crippen molar-refractivity contribution in [2.24, 2.45) is 34.6 Å². The van der Waals surface area contributed by atoms with Crippen LogP contribution in [-0.2, 0) is 54.4 Å². The average Bonchev–Trinajstić information content (AvgIpc) is 3.40. The summed E-state index contributed by atoms with van der Waals surface area (Å²) in [5.74, 6) is -9.88. The van der Waals surface area contributed by atoms with Crippen molar-refractivity contribution < 1.29 is 58.2 Å². The summed E-state index contributed by atoms with van der Waals surface area (Å²) in [7, 11) is 0. The molecule has 1 saturated heterocycles. The third-order valence-electron chi connectivity index (χ3n) is 12.9. The molecule has 0 bridgehead atoms. The van der Waals surface area contributed by atoms with Gasteiger partial charge in [0.1, 0.15) is 54.4 Å². The van der Waals surface area contributed by atoms with Crippen LogP contribution in [0.2, 0.25) is 5.02 Å². The van der Waals surface area contributed by atoms with Crippen LogP contribution in [0.1, 0.15) is 83.3 Å². The Morgan fingerprint density at radius 1 is 0.625 bits per heavy atom. The maximum atomic E-state index is 14.4. The van der Waals surface area contributed by atoms with E-state index in [1.54, 1.807) is 68.4 Å². The zero-order valence-corrected chi connectivity index (χ0v) is 46.4. The highest BCUT2D eigenvalue weighted by atomic mass is 35.5. The predicted octanol–water partition coefficient (Wildman–Crippen LogP) is -5.29. The van der Waals surface area contributed by atoms with E-state index in [0.717, 1.165) is 0 Å². The molecule has 27 nitrogen and oxygen atoms in total. The highest BCUT2D eigenvalue weighted by molar-refractivity contribution is 6.30. The van der Waals surface area contributed by atoms with Crippen molar-refractivity contribution in [3.63, 3.8) is 0 Å². The van der Waals surface area contributed by atoms with Crippen LogP contribution in [0.4, 0.5) is 0 Å². The molecule has 1 aliphatic rings. The Labute approximate surface area is 470 Å². The summed E-state index contributed by atoms with van der Waals surface area (Å²) < 4.78 is 0. The van der Waals surface area contributed by atoms with Crippen LogP contribution in [0, 0.1) is 5.92 Å². The molecular formula is C52H82ClN15O12. The highest BCUT2D eigenvalue weighted by Gasteiger charge is 2.37. The van der Waals surface area contributed by atoms with Crippen molar-refractivity contribution in [1.82, 2.24) is 53.2 Å². The minimum absolute atomic E-state index is 0.0295. The molecule has 444 valence electrons. The van der Waals surface area contributed by atoms with E-state index >= 15 is 0 Å². The second-order valence-corrected chi connectivity index (χ2v) is 20.4. The number of carbonyl (C=O) groups excluding carboxylic acids is 10. The Morgan fingerprint density at radius 3 is 1.66 bits per heavy atom. The number of halogens is 1. The number of hydrogen-bond acceptors (Lipinski definition) is 17. The largest absolute Gasteiger partial charge is 0.391 e. The van der Waals surface area contributed by atoms with Gasteiger partial charge in [-0.05, 0) is 101 Å². The summed E-state index contributed by atoms with van der Waals surface area (Å²) in [6.45, 7) is 4.54. The molecule has 1 aliphatic heterocycles. The summed E-state index contributed by atoms with van der Waals surface area (Å²) in [4.78, 5) is 140. The van der Waals surface area contributed by atoms with E-state index in [4.69, 9.17) is 40.3 Å². The Morgan fingerprint density at radius 2 is 1.15 bits per heavy atom. The molecular weight excluding hydrogens is 1060 g/mol. The molecule has 1 fully saturated rings. The van der Waals surface area contributed by atoms with Crippen molar-refractivity contribution >= 4 is 70.7 Å². The summed E-state index contributed by atoms with van der Waals surface area (Å²) in [5, 5.41) is 47.1. The number of carbonyl (C=O) groups is 10. The lowest BCUT2D eigenvalue weighted by molar-refractivity contribution is -0.136. The Kier molecular flexibility index (Phi) is 28.9. The smallest absolute Gasteiger partial charge is 0.245 e. The summed E-state index contributed by atoms with van der Waals surface area (Å²) in [5.41, 5.74) is 30.8. The summed E-state index contributed by atoms with van der Waals surface area (Å²) in [6, 6.07) is 1.70. The zero-order valence-electron chi connectivity index (χ0n) is 45.6. The minimum Gasteiger partial charge on any atom is -0.391 e. The first kappa shape index (κ1) is 67.4. The fraction of sp³-hybridized carbons (Fsp3) is 0.577. The van der Waals surface area contributed by atoms with Gasteiger partial charge in [0.05, 0.1) is 12.2 Å². The zero-order chi connectivity index (χ0) is 59.6. The second kappa shape index (κ2) is 34.3. The van der Waals surface area contributed by atoms with Gasteiger partial charge in [-0.1, -0.05) is 67.9 Å². The normalized spacial score (nSPS) is 23.2. The number of benzene rings is 2. The van der Waals surface area contributed by atoms with Crippen molar-refractivity contribution in [3.8, 4) is 0 Å². The lowest BCUT2D eigenvalue weighted by atomic mass is 9.95. The molecule has 1 unspecified atom stereocenters. The number of nitrogens with one attached hydrogen (secondary N) is 10. The third-order valence-corrected chi connectivity index (χ3v) is 13.2. The maximum Gasteiger partial charge on any atom is 0.245 e. The van der Waals surface area contributed by atoms with Crippen LogP contribution in [0.25, 0.3) is 0 Å². The van der Waals surface area contributed by atoms with Crippen molar-refractivity contribution in [1.29, 1.82) is 0 Å². The standard InChI is InChI=1S/C52H82ClN15O12/c1-27(2)21-38-48(76)62-34(13-17-54)44(72)61-36(15-19-56)47(75)68-42(28(3)69)51(79)59-20-16-37(46(74)60-35(14-18-55)45(73)65-39(49(77)64-38)22-30-9-6-5-7-10-30)63-50(78)40(26-58)66-52(80)43(29(4)70)67-41(71)24-32(25-57)31-11-8-12-33(53)23-31/h5-12,23,27-29,32,34-40,42-43,69-70H,13-22,24-26,54-58H2,1-4H3,(H,59,79)(H,60,74)(H,61,72)(H,62,76)(H,63,78)(H,64,77)(H,65,73)(H,66,80)(H,67,71)(H,68,75)/t28-,29-,32-,34+,35+,36+,37+,38+,39-,40?,42+,43+/m1/s1. The van der Waals surface area contributed by atoms with Gasteiger partial charge in [0.2, 0.25) is 59.1 Å². The molecule has 12 atom stereocenters. The van der Waals surface area contributed by atoms with Gasteiger partial charge in [0.15, 0.2) is 0 Å².